The number of carbonyl (C=O) groups is 1. The first-order valence-corrected chi connectivity index (χ1v) is 7.59. The summed E-state index contributed by atoms with van der Waals surface area (Å²) in [5.41, 5.74) is 0.242. The summed E-state index contributed by atoms with van der Waals surface area (Å²) < 4.78 is 11.0. The Balaban J connectivity index is 1.72. The molecule has 112 valence electrons. The van der Waals surface area contributed by atoms with Crippen LogP contribution in [0.3, 0.4) is 0 Å². The number of benzene rings is 1. The molecule has 1 aromatic heterocycles. The highest BCUT2D eigenvalue weighted by Crippen LogP contribution is 2.17. The summed E-state index contributed by atoms with van der Waals surface area (Å²) in [7, 11) is 0. The monoisotopic (exact) mass is 308 g/mol. The van der Waals surface area contributed by atoms with Crippen molar-refractivity contribution >= 4 is 17.7 Å². The van der Waals surface area contributed by atoms with Gasteiger partial charge in [-0.05, 0) is 30.7 Å². The minimum Gasteiger partial charge on any atom is -0.493 e. The van der Waals surface area contributed by atoms with E-state index in [0.717, 1.165) is 12.8 Å². The zero-order valence-corrected chi connectivity index (χ0v) is 12.4. The van der Waals surface area contributed by atoms with Gasteiger partial charge >= 0.3 is 5.97 Å². The molecule has 1 heterocycles. The molecule has 0 aliphatic rings. The van der Waals surface area contributed by atoms with Crippen LogP contribution in [-0.4, -0.2) is 33.6 Å². The van der Waals surface area contributed by atoms with Gasteiger partial charge in [-0.1, -0.05) is 18.7 Å². The topological polar surface area (TPSA) is 85.5 Å². The molecule has 0 saturated heterocycles. The highest BCUT2D eigenvalue weighted by atomic mass is 32.2. The van der Waals surface area contributed by atoms with Crippen LogP contribution in [0.25, 0.3) is 0 Å². The fourth-order valence-corrected chi connectivity index (χ4v) is 2.19. The SMILES string of the molecule is CCCc1nnc(SCCOc2ccc(C(=O)O)cc2)o1. The van der Waals surface area contributed by atoms with E-state index >= 15 is 0 Å². The second-order valence-corrected chi connectivity index (χ2v) is 5.28. The summed E-state index contributed by atoms with van der Waals surface area (Å²) in [6, 6.07) is 6.31. The number of carboxylic acid groups (broad SMARTS) is 1. The van der Waals surface area contributed by atoms with Crippen LogP contribution < -0.4 is 4.74 Å². The average Bonchev–Trinajstić information content (AvgIpc) is 2.92. The van der Waals surface area contributed by atoms with Crippen molar-refractivity contribution in [1.29, 1.82) is 0 Å². The van der Waals surface area contributed by atoms with Crippen LogP contribution in [0.5, 0.6) is 5.75 Å². The Labute approximate surface area is 126 Å². The van der Waals surface area contributed by atoms with Crippen molar-refractivity contribution in [2.24, 2.45) is 0 Å². The molecule has 21 heavy (non-hydrogen) atoms. The third-order valence-electron chi connectivity index (χ3n) is 2.59. The Hall–Kier alpha value is -2.02. The van der Waals surface area contributed by atoms with Gasteiger partial charge in [0.25, 0.3) is 5.22 Å². The lowest BCUT2D eigenvalue weighted by molar-refractivity contribution is 0.0697. The smallest absolute Gasteiger partial charge is 0.335 e. The predicted octanol–water partition coefficient (Wildman–Crippen LogP) is 2.89. The molecule has 0 fully saturated rings. The summed E-state index contributed by atoms with van der Waals surface area (Å²) in [6.07, 6.45) is 1.77. The Kier molecular flexibility index (Phi) is 5.62. The summed E-state index contributed by atoms with van der Waals surface area (Å²) in [6.45, 7) is 2.53. The molecule has 0 spiro atoms. The second-order valence-electron chi connectivity index (χ2n) is 4.24. The Morgan fingerprint density at radius 1 is 1.33 bits per heavy atom. The van der Waals surface area contributed by atoms with Crippen molar-refractivity contribution < 1.29 is 19.1 Å². The lowest BCUT2D eigenvalue weighted by Crippen LogP contribution is -2.01. The Morgan fingerprint density at radius 2 is 2.10 bits per heavy atom. The maximum Gasteiger partial charge on any atom is 0.335 e. The van der Waals surface area contributed by atoms with Crippen LogP contribution in [0, 0.1) is 0 Å². The number of aromatic nitrogens is 2. The van der Waals surface area contributed by atoms with Crippen LogP contribution >= 0.6 is 11.8 Å². The molecule has 1 aromatic carbocycles. The van der Waals surface area contributed by atoms with Crippen LogP contribution in [0.1, 0.15) is 29.6 Å². The van der Waals surface area contributed by atoms with Crippen LogP contribution in [-0.2, 0) is 6.42 Å². The molecular weight excluding hydrogens is 292 g/mol. The third kappa shape index (κ3) is 4.78. The number of carboxylic acids is 1. The quantitative estimate of drug-likeness (QED) is 0.592. The van der Waals surface area contributed by atoms with Crippen molar-refractivity contribution in [1.82, 2.24) is 10.2 Å². The summed E-state index contributed by atoms with van der Waals surface area (Å²) in [5.74, 6) is 1.02. The highest BCUT2D eigenvalue weighted by molar-refractivity contribution is 7.99. The van der Waals surface area contributed by atoms with Crippen molar-refractivity contribution in [3.63, 3.8) is 0 Å². The molecule has 1 N–H and O–H groups in total. The third-order valence-corrected chi connectivity index (χ3v) is 3.37. The molecule has 0 radical (unpaired) electrons. The largest absolute Gasteiger partial charge is 0.493 e. The molecule has 0 saturated carbocycles. The van der Waals surface area contributed by atoms with Gasteiger partial charge in [-0.25, -0.2) is 4.79 Å². The molecule has 2 aromatic rings. The van der Waals surface area contributed by atoms with Crippen molar-refractivity contribution in [3.05, 3.63) is 35.7 Å². The fraction of sp³-hybridized carbons (Fsp3) is 0.357. The number of nitrogens with zero attached hydrogens (tertiary/aromatic N) is 2. The Bertz CT molecular complexity index is 583. The molecular formula is C14H16N2O4S. The lowest BCUT2D eigenvalue weighted by atomic mass is 10.2. The maximum absolute atomic E-state index is 10.7. The molecule has 0 aliphatic heterocycles. The van der Waals surface area contributed by atoms with Crippen LogP contribution in [0.15, 0.2) is 33.9 Å². The minimum atomic E-state index is -0.948. The van der Waals surface area contributed by atoms with E-state index in [0.29, 0.717) is 29.2 Å². The van der Waals surface area contributed by atoms with E-state index in [4.69, 9.17) is 14.3 Å². The van der Waals surface area contributed by atoms with Gasteiger partial charge in [0.05, 0.1) is 12.2 Å². The number of hydrogen-bond acceptors (Lipinski definition) is 6. The molecule has 0 amide bonds. The number of ether oxygens (including phenoxy) is 1. The number of hydrogen-bond donors (Lipinski definition) is 1. The molecule has 7 heteroatoms. The van der Waals surface area contributed by atoms with Crippen LogP contribution in [0.4, 0.5) is 0 Å². The van der Waals surface area contributed by atoms with Gasteiger partial charge in [-0.15, -0.1) is 10.2 Å². The van der Waals surface area contributed by atoms with Crippen molar-refractivity contribution in [3.8, 4) is 5.75 Å². The van der Waals surface area contributed by atoms with E-state index in [2.05, 4.69) is 17.1 Å². The molecule has 2 rings (SSSR count). The number of thioether (sulfide) groups is 1. The van der Waals surface area contributed by atoms with E-state index in [1.54, 1.807) is 12.1 Å². The Morgan fingerprint density at radius 3 is 2.76 bits per heavy atom. The highest BCUT2D eigenvalue weighted by Gasteiger charge is 2.06. The standard InChI is InChI=1S/C14H16N2O4S/c1-2-3-12-15-16-14(20-12)21-9-8-19-11-6-4-10(5-7-11)13(17)18/h4-7H,2-3,8-9H2,1H3,(H,17,18). The van der Waals surface area contributed by atoms with Gasteiger partial charge in [0.1, 0.15) is 5.75 Å². The van der Waals surface area contributed by atoms with Crippen molar-refractivity contribution in [2.75, 3.05) is 12.4 Å². The number of aryl methyl sites for hydroxylation is 1. The minimum absolute atomic E-state index is 0.242. The molecule has 0 atom stereocenters. The van der Waals surface area contributed by atoms with E-state index in [-0.39, 0.29) is 5.56 Å². The van der Waals surface area contributed by atoms with Gasteiger partial charge < -0.3 is 14.3 Å². The summed E-state index contributed by atoms with van der Waals surface area (Å²) >= 11 is 1.44. The van der Waals surface area contributed by atoms with Gasteiger partial charge in [-0.3, -0.25) is 0 Å². The zero-order chi connectivity index (χ0) is 15.1. The molecule has 0 unspecified atom stereocenters. The number of aromatic carboxylic acids is 1. The summed E-state index contributed by atoms with van der Waals surface area (Å²) in [4.78, 5) is 10.7. The summed E-state index contributed by atoms with van der Waals surface area (Å²) in [5, 5.41) is 17.2. The van der Waals surface area contributed by atoms with E-state index in [9.17, 15) is 4.79 Å². The van der Waals surface area contributed by atoms with Gasteiger partial charge in [0.2, 0.25) is 5.89 Å². The first kappa shape index (κ1) is 15.4. The van der Waals surface area contributed by atoms with Crippen molar-refractivity contribution in [2.45, 2.75) is 25.0 Å². The second kappa shape index (κ2) is 7.68. The van der Waals surface area contributed by atoms with Gasteiger partial charge in [0, 0.05) is 12.2 Å². The van der Waals surface area contributed by atoms with E-state index in [1.165, 1.54) is 23.9 Å². The van der Waals surface area contributed by atoms with Crippen LogP contribution in [0.2, 0.25) is 0 Å². The molecule has 0 bridgehead atoms. The first-order chi connectivity index (χ1) is 10.2. The number of rotatable bonds is 8. The predicted molar refractivity (Wildman–Crippen MR) is 77.9 cm³/mol. The average molecular weight is 308 g/mol. The zero-order valence-electron chi connectivity index (χ0n) is 11.6. The molecule has 6 nitrogen and oxygen atoms in total. The van der Waals surface area contributed by atoms with Gasteiger partial charge in [0.15, 0.2) is 0 Å². The fourth-order valence-electron chi connectivity index (χ4n) is 1.59. The maximum atomic E-state index is 10.7. The van der Waals surface area contributed by atoms with Gasteiger partial charge in [-0.2, -0.15) is 0 Å². The van der Waals surface area contributed by atoms with E-state index < -0.39 is 5.97 Å². The normalized spacial score (nSPS) is 10.5. The van der Waals surface area contributed by atoms with E-state index in [1.807, 2.05) is 0 Å². The lowest BCUT2D eigenvalue weighted by Gasteiger charge is -2.04. The molecule has 0 aliphatic carbocycles. The first-order valence-electron chi connectivity index (χ1n) is 6.60.